The van der Waals surface area contributed by atoms with Crippen molar-refractivity contribution in [3.63, 3.8) is 0 Å². The topological polar surface area (TPSA) is 35.3 Å². The molecule has 158 valence electrons. The van der Waals surface area contributed by atoms with Gasteiger partial charge in [0.15, 0.2) is 0 Å². The molecular weight excluding hydrogens is 408 g/mol. The molecule has 0 N–H and O–H groups in total. The van der Waals surface area contributed by atoms with E-state index in [1.165, 1.54) is 24.3 Å². The number of pyridine rings is 1. The van der Waals surface area contributed by atoms with Crippen LogP contribution >= 0.6 is 0 Å². The summed E-state index contributed by atoms with van der Waals surface area (Å²) in [5.41, 5.74) is 4.19. The minimum absolute atomic E-state index is 0.284. The fourth-order valence-corrected chi connectivity index (χ4v) is 3.62. The molecule has 0 aliphatic rings. The van der Waals surface area contributed by atoms with E-state index < -0.39 is 0 Å². The van der Waals surface area contributed by atoms with Crippen LogP contribution in [0.2, 0.25) is 0 Å². The maximum Gasteiger partial charge on any atom is 0.145 e. The summed E-state index contributed by atoms with van der Waals surface area (Å²) in [5, 5.41) is 0.965. The molecule has 0 saturated carbocycles. The monoisotopic (exact) mass is 427 g/mol. The summed E-state index contributed by atoms with van der Waals surface area (Å²) in [7, 11) is 0. The van der Waals surface area contributed by atoms with E-state index in [0.29, 0.717) is 11.5 Å². The van der Waals surface area contributed by atoms with E-state index >= 15 is 0 Å². The molecule has 0 aliphatic carbocycles. The maximum absolute atomic E-state index is 13.5. The first-order chi connectivity index (χ1) is 15.6. The first kappa shape index (κ1) is 19.9. The molecule has 0 radical (unpaired) electrons. The molecule has 2 heterocycles. The number of rotatable bonds is 5. The molecule has 3 aromatic carbocycles. The lowest BCUT2D eigenvalue weighted by atomic mass is 9.98. The lowest BCUT2D eigenvalue weighted by Gasteiger charge is -2.09. The minimum Gasteiger partial charge on any atom is -0.460 e. The van der Waals surface area contributed by atoms with E-state index in [1.807, 2.05) is 37.3 Å². The molecule has 0 fully saturated rings. The molecule has 0 atom stereocenters. The highest BCUT2D eigenvalue weighted by Gasteiger charge is 2.14. The van der Waals surface area contributed by atoms with Gasteiger partial charge in [-0.3, -0.25) is 4.98 Å². The molecule has 5 rings (SSSR count). The normalized spacial score (nSPS) is 11.1. The van der Waals surface area contributed by atoms with Crippen molar-refractivity contribution in [3.05, 3.63) is 102 Å². The van der Waals surface area contributed by atoms with Crippen LogP contribution in [-0.4, -0.2) is 4.98 Å². The van der Waals surface area contributed by atoms with Gasteiger partial charge in [0.1, 0.15) is 34.5 Å². The lowest BCUT2D eigenvalue weighted by Crippen LogP contribution is -1.89. The smallest absolute Gasteiger partial charge is 0.145 e. The number of aryl methyl sites for hydroxylation is 1. The van der Waals surface area contributed by atoms with Crippen molar-refractivity contribution in [1.82, 2.24) is 4.98 Å². The molecule has 0 amide bonds. The second-order valence-electron chi connectivity index (χ2n) is 7.45. The Bertz CT molecular complexity index is 1370. The van der Waals surface area contributed by atoms with Crippen LogP contribution < -0.4 is 4.74 Å². The summed E-state index contributed by atoms with van der Waals surface area (Å²) in [4.78, 5) is 4.56. The molecule has 5 aromatic rings. The molecule has 0 spiro atoms. The average molecular weight is 427 g/mol. The number of nitrogens with zero attached hydrogens (tertiary/aromatic N) is 1. The largest absolute Gasteiger partial charge is 0.460 e. The highest BCUT2D eigenvalue weighted by atomic mass is 19.1. The first-order valence-corrected chi connectivity index (χ1v) is 10.3. The standard InChI is InChI=1S/C27H19F2NO2/c1-2-22-14-19-13-18(15-25(27(19)32-22)17-3-5-20(28)6-4-17)26-12-11-24(16-30-26)31-23-9-7-21(29)8-10-23/h3-16H,2H2,1H3. The van der Waals surface area contributed by atoms with Gasteiger partial charge >= 0.3 is 0 Å². The lowest BCUT2D eigenvalue weighted by molar-refractivity contribution is 0.478. The van der Waals surface area contributed by atoms with Crippen LogP contribution in [0.25, 0.3) is 33.4 Å². The molecular formula is C27H19F2NO2. The van der Waals surface area contributed by atoms with Crippen LogP contribution in [-0.2, 0) is 6.42 Å². The zero-order chi connectivity index (χ0) is 22.1. The Hall–Kier alpha value is -3.99. The van der Waals surface area contributed by atoms with Crippen LogP contribution in [0.3, 0.4) is 0 Å². The van der Waals surface area contributed by atoms with Gasteiger partial charge in [0.05, 0.1) is 11.9 Å². The van der Waals surface area contributed by atoms with Crippen LogP contribution in [0.5, 0.6) is 11.5 Å². The highest BCUT2D eigenvalue weighted by Crippen LogP contribution is 2.36. The first-order valence-electron chi connectivity index (χ1n) is 10.3. The number of fused-ring (bicyclic) bond motifs is 1. The van der Waals surface area contributed by atoms with Crippen molar-refractivity contribution in [2.45, 2.75) is 13.3 Å². The Morgan fingerprint density at radius 2 is 1.47 bits per heavy atom. The highest BCUT2D eigenvalue weighted by molar-refractivity contribution is 5.96. The van der Waals surface area contributed by atoms with E-state index in [-0.39, 0.29) is 11.6 Å². The van der Waals surface area contributed by atoms with Crippen LogP contribution in [0.1, 0.15) is 12.7 Å². The Kier molecular flexibility index (Phi) is 5.15. The van der Waals surface area contributed by atoms with Crippen LogP contribution in [0.15, 0.2) is 89.5 Å². The van der Waals surface area contributed by atoms with E-state index in [9.17, 15) is 8.78 Å². The summed E-state index contributed by atoms with van der Waals surface area (Å²) in [5.74, 6) is 1.37. The number of aromatic nitrogens is 1. The van der Waals surface area contributed by atoms with E-state index in [4.69, 9.17) is 9.15 Å². The van der Waals surface area contributed by atoms with Crippen molar-refractivity contribution in [2.24, 2.45) is 0 Å². The number of ether oxygens (including phenoxy) is 1. The van der Waals surface area contributed by atoms with Gasteiger partial charge in [-0.1, -0.05) is 19.1 Å². The number of halogens is 2. The van der Waals surface area contributed by atoms with Crippen molar-refractivity contribution in [1.29, 1.82) is 0 Å². The summed E-state index contributed by atoms with van der Waals surface area (Å²) in [6.07, 6.45) is 2.41. The van der Waals surface area contributed by atoms with Crippen molar-refractivity contribution >= 4 is 11.0 Å². The number of benzene rings is 3. The summed E-state index contributed by atoms with van der Waals surface area (Å²) < 4.78 is 38.3. The molecule has 0 aliphatic heterocycles. The Balaban J connectivity index is 1.53. The fourth-order valence-electron chi connectivity index (χ4n) is 3.62. The van der Waals surface area contributed by atoms with Gasteiger partial charge in [0.25, 0.3) is 0 Å². The van der Waals surface area contributed by atoms with Gasteiger partial charge in [0, 0.05) is 22.9 Å². The predicted octanol–water partition coefficient (Wildman–Crippen LogP) is 7.79. The van der Waals surface area contributed by atoms with Gasteiger partial charge in [-0.2, -0.15) is 0 Å². The van der Waals surface area contributed by atoms with E-state index in [1.54, 1.807) is 30.5 Å². The van der Waals surface area contributed by atoms with Crippen molar-refractivity contribution < 1.29 is 17.9 Å². The molecule has 0 saturated heterocycles. The van der Waals surface area contributed by atoms with Crippen LogP contribution in [0, 0.1) is 11.6 Å². The molecule has 2 aromatic heterocycles. The zero-order valence-corrected chi connectivity index (χ0v) is 17.3. The number of hydrogen-bond acceptors (Lipinski definition) is 3. The number of hydrogen-bond donors (Lipinski definition) is 0. The van der Waals surface area contributed by atoms with Gasteiger partial charge in [-0.05, 0) is 72.3 Å². The fraction of sp³-hybridized carbons (Fsp3) is 0.0741. The minimum atomic E-state index is -0.316. The summed E-state index contributed by atoms with van der Waals surface area (Å²) in [6, 6.07) is 22.0. The number of furan rings is 1. The zero-order valence-electron chi connectivity index (χ0n) is 17.3. The van der Waals surface area contributed by atoms with Gasteiger partial charge in [-0.15, -0.1) is 0 Å². The third-order valence-electron chi connectivity index (χ3n) is 5.25. The van der Waals surface area contributed by atoms with Gasteiger partial charge in [-0.25, -0.2) is 8.78 Å². The van der Waals surface area contributed by atoms with Gasteiger partial charge < -0.3 is 9.15 Å². The molecule has 3 nitrogen and oxygen atoms in total. The SMILES string of the molecule is CCc1cc2cc(-c3ccc(Oc4ccc(F)cc4)cn3)cc(-c3ccc(F)cc3)c2o1. The summed E-state index contributed by atoms with van der Waals surface area (Å²) in [6.45, 7) is 2.04. The summed E-state index contributed by atoms with van der Waals surface area (Å²) >= 11 is 0. The Morgan fingerprint density at radius 3 is 2.12 bits per heavy atom. The van der Waals surface area contributed by atoms with E-state index in [0.717, 1.165) is 45.5 Å². The second kappa shape index (κ2) is 8.27. The Morgan fingerprint density at radius 1 is 0.781 bits per heavy atom. The van der Waals surface area contributed by atoms with Crippen molar-refractivity contribution in [2.75, 3.05) is 0 Å². The molecule has 0 unspecified atom stereocenters. The third-order valence-corrected chi connectivity index (χ3v) is 5.25. The Labute approximate surface area is 183 Å². The maximum atomic E-state index is 13.5. The third kappa shape index (κ3) is 3.97. The quantitative estimate of drug-likeness (QED) is 0.287. The average Bonchev–Trinajstić information content (AvgIpc) is 3.24. The van der Waals surface area contributed by atoms with E-state index in [2.05, 4.69) is 4.98 Å². The van der Waals surface area contributed by atoms with Gasteiger partial charge in [0.2, 0.25) is 0 Å². The second-order valence-corrected chi connectivity index (χ2v) is 7.45. The van der Waals surface area contributed by atoms with Crippen molar-refractivity contribution in [3.8, 4) is 33.9 Å². The van der Waals surface area contributed by atoms with Crippen LogP contribution in [0.4, 0.5) is 8.78 Å². The molecule has 0 bridgehead atoms. The molecule has 32 heavy (non-hydrogen) atoms. The molecule has 5 heteroatoms. The predicted molar refractivity (Wildman–Crippen MR) is 121 cm³/mol.